The molecule has 3 rings (SSSR count). The number of rotatable bonds is 6. The zero-order chi connectivity index (χ0) is 21.0. The number of benzene rings is 1. The maximum atomic E-state index is 12.8. The number of hydrogen-bond donors (Lipinski definition) is 1. The molecule has 0 unspecified atom stereocenters. The summed E-state index contributed by atoms with van der Waals surface area (Å²) >= 11 is 5.95. The van der Waals surface area contributed by atoms with E-state index in [1.54, 1.807) is 25.1 Å². The first-order chi connectivity index (χ1) is 13.9. The minimum atomic E-state index is -0.218. The summed E-state index contributed by atoms with van der Waals surface area (Å²) in [5.74, 6) is 0.222. The molecule has 0 radical (unpaired) electrons. The molecule has 1 aromatic heterocycles. The summed E-state index contributed by atoms with van der Waals surface area (Å²) in [5, 5.41) is 6.81. The zero-order valence-electron chi connectivity index (χ0n) is 16.8. The molecule has 2 aromatic rings. The molecule has 1 saturated heterocycles. The van der Waals surface area contributed by atoms with Gasteiger partial charge in [0.25, 0.3) is 5.91 Å². The molecule has 1 fully saturated rings. The standard InChI is InChI=1S/C20H25ClN4O4/c1-13-15(19(21)29-23-13)5-7-18(26)22-16-12-14(4-6-17(16)28-3)20(27)25-10-8-24(2)9-11-25/h4,6,12H,5,7-11H2,1-3H3,(H,22,26). The number of likely N-dealkylation sites (N-methyl/N-ethyl adjacent to an activating group) is 1. The number of methoxy groups -OCH3 is 1. The lowest BCUT2D eigenvalue weighted by Crippen LogP contribution is -2.47. The lowest BCUT2D eigenvalue weighted by atomic mass is 10.1. The largest absolute Gasteiger partial charge is 0.495 e. The number of nitrogens with zero attached hydrogens (tertiary/aromatic N) is 3. The molecular formula is C20H25ClN4O4. The summed E-state index contributed by atoms with van der Waals surface area (Å²) in [6.07, 6.45) is 0.601. The molecule has 0 bridgehead atoms. The first-order valence-electron chi connectivity index (χ1n) is 9.45. The molecule has 0 spiro atoms. The van der Waals surface area contributed by atoms with Crippen molar-refractivity contribution in [3.63, 3.8) is 0 Å². The van der Waals surface area contributed by atoms with E-state index in [1.165, 1.54) is 7.11 Å². The Hall–Kier alpha value is -2.58. The van der Waals surface area contributed by atoms with Gasteiger partial charge in [-0.05, 0) is 50.2 Å². The third-order valence-electron chi connectivity index (χ3n) is 5.05. The molecule has 1 aromatic carbocycles. The fraction of sp³-hybridized carbons (Fsp3) is 0.450. The number of nitrogens with one attached hydrogen (secondary N) is 1. The van der Waals surface area contributed by atoms with Gasteiger partial charge in [0.1, 0.15) is 5.75 Å². The second-order valence-corrected chi connectivity index (χ2v) is 7.42. The van der Waals surface area contributed by atoms with Gasteiger partial charge in [-0.15, -0.1) is 0 Å². The highest BCUT2D eigenvalue weighted by molar-refractivity contribution is 6.29. The number of anilines is 1. The highest BCUT2D eigenvalue weighted by atomic mass is 35.5. The van der Waals surface area contributed by atoms with Gasteiger partial charge in [-0.3, -0.25) is 9.59 Å². The second kappa shape index (κ2) is 9.28. The van der Waals surface area contributed by atoms with Crippen LogP contribution in [0.3, 0.4) is 0 Å². The van der Waals surface area contributed by atoms with Gasteiger partial charge in [-0.25, -0.2) is 0 Å². The number of amides is 2. The van der Waals surface area contributed by atoms with Crippen LogP contribution in [0.15, 0.2) is 22.7 Å². The van der Waals surface area contributed by atoms with E-state index in [0.29, 0.717) is 47.8 Å². The van der Waals surface area contributed by atoms with Gasteiger partial charge in [-0.1, -0.05) is 5.16 Å². The minimum absolute atomic E-state index is 0.0527. The quantitative estimate of drug-likeness (QED) is 0.772. The van der Waals surface area contributed by atoms with Gasteiger partial charge in [0.15, 0.2) is 0 Å². The van der Waals surface area contributed by atoms with Crippen molar-refractivity contribution in [3.8, 4) is 5.75 Å². The molecule has 9 heteroatoms. The molecule has 8 nitrogen and oxygen atoms in total. The lowest BCUT2D eigenvalue weighted by Gasteiger charge is -2.32. The van der Waals surface area contributed by atoms with Crippen molar-refractivity contribution in [2.24, 2.45) is 0 Å². The maximum Gasteiger partial charge on any atom is 0.254 e. The predicted octanol–water partition coefficient (Wildman–Crippen LogP) is 2.60. The van der Waals surface area contributed by atoms with Crippen LogP contribution in [0, 0.1) is 6.92 Å². The van der Waals surface area contributed by atoms with Crippen LogP contribution in [-0.4, -0.2) is 67.1 Å². The lowest BCUT2D eigenvalue weighted by molar-refractivity contribution is -0.116. The molecule has 0 aliphatic carbocycles. The van der Waals surface area contributed by atoms with Crippen molar-refractivity contribution in [1.82, 2.24) is 15.0 Å². The minimum Gasteiger partial charge on any atom is -0.495 e. The van der Waals surface area contributed by atoms with Crippen LogP contribution in [0.5, 0.6) is 5.75 Å². The number of aryl methyl sites for hydroxylation is 1. The zero-order valence-corrected chi connectivity index (χ0v) is 17.6. The molecule has 0 saturated carbocycles. The number of hydrogen-bond acceptors (Lipinski definition) is 6. The summed E-state index contributed by atoms with van der Waals surface area (Å²) in [7, 11) is 3.56. The monoisotopic (exact) mass is 420 g/mol. The highest BCUT2D eigenvalue weighted by Gasteiger charge is 2.22. The summed E-state index contributed by atoms with van der Waals surface area (Å²) in [6.45, 7) is 4.83. The number of carbonyl (C=O) groups is 2. The molecule has 1 aliphatic rings. The predicted molar refractivity (Wildman–Crippen MR) is 110 cm³/mol. The van der Waals surface area contributed by atoms with Crippen molar-refractivity contribution >= 4 is 29.1 Å². The molecule has 1 aliphatic heterocycles. The Bertz CT molecular complexity index is 871. The Labute approximate surface area is 174 Å². The second-order valence-electron chi connectivity index (χ2n) is 7.08. The first kappa shape index (κ1) is 21.1. The normalized spacial score (nSPS) is 14.7. The summed E-state index contributed by atoms with van der Waals surface area (Å²) < 4.78 is 10.2. The van der Waals surface area contributed by atoms with Gasteiger partial charge in [0.2, 0.25) is 11.1 Å². The van der Waals surface area contributed by atoms with Gasteiger partial charge in [0.05, 0.1) is 18.5 Å². The first-order valence-corrected chi connectivity index (χ1v) is 9.83. The Morgan fingerprint density at radius 2 is 2.00 bits per heavy atom. The van der Waals surface area contributed by atoms with Crippen molar-refractivity contribution in [3.05, 3.63) is 40.2 Å². The van der Waals surface area contributed by atoms with E-state index < -0.39 is 0 Å². The molecule has 2 heterocycles. The average Bonchev–Trinajstić information content (AvgIpc) is 3.04. The van der Waals surface area contributed by atoms with Crippen LogP contribution in [-0.2, 0) is 11.2 Å². The smallest absolute Gasteiger partial charge is 0.254 e. The number of carbonyl (C=O) groups excluding carboxylic acids is 2. The molecule has 0 atom stereocenters. The fourth-order valence-corrected chi connectivity index (χ4v) is 3.49. The van der Waals surface area contributed by atoms with Crippen LogP contribution in [0.2, 0.25) is 5.22 Å². The van der Waals surface area contributed by atoms with E-state index in [0.717, 1.165) is 13.1 Å². The molecule has 156 valence electrons. The molecule has 1 N–H and O–H groups in total. The highest BCUT2D eigenvalue weighted by Crippen LogP contribution is 2.27. The van der Waals surface area contributed by atoms with Gasteiger partial charge < -0.3 is 24.4 Å². The molecule has 2 amide bonds. The number of piperazine rings is 1. The Kier molecular flexibility index (Phi) is 6.76. The number of ether oxygens (including phenoxy) is 1. The molecular weight excluding hydrogens is 396 g/mol. The van der Waals surface area contributed by atoms with Gasteiger partial charge in [-0.2, -0.15) is 0 Å². The van der Waals surface area contributed by atoms with E-state index >= 15 is 0 Å². The Morgan fingerprint density at radius 1 is 1.28 bits per heavy atom. The van der Waals surface area contributed by atoms with Gasteiger partial charge in [0, 0.05) is 43.7 Å². The topological polar surface area (TPSA) is 87.9 Å². The average molecular weight is 421 g/mol. The van der Waals surface area contributed by atoms with Crippen molar-refractivity contribution < 1.29 is 18.8 Å². The van der Waals surface area contributed by atoms with E-state index in [1.807, 2.05) is 11.9 Å². The van der Waals surface area contributed by atoms with Crippen LogP contribution < -0.4 is 10.1 Å². The van der Waals surface area contributed by atoms with Gasteiger partial charge >= 0.3 is 0 Å². The van der Waals surface area contributed by atoms with Crippen molar-refractivity contribution in [1.29, 1.82) is 0 Å². The molecule has 29 heavy (non-hydrogen) atoms. The van der Waals surface area contributed by atoms with E-state index in [-0.39, 0.29) is 23.5 Å². The Morgan fingerprint density at radius 3 is 2.62 bits per heavy atom. The van der Waals surface area contributed by atoms with Crippen LogP contribution in [0.1, 0.15) is 28.0 Å². The third kappa shape index (κ3) is 5.07. The van der Waals surface area contributed by atoms with E-state index in [4.69, 9.17) is 20.9 Å². The Balaban J connectivity index is 1.68. The fourth-order valence-electron chi connectivity index (χ4n) is 3.22. The summed E-state index contributed by atoms with van der Waals surface area (Å²) in [4.78, 5) is 29.3. The summed E-state index contributed by atoms with van der Waals surface area (Å²) in [5.41, 5.74) is 2.36. The summed E-state index contributed by atoms with van der Waals surface area (Å²) in [6, 6.07) is 5.07. The maximum absolute atomic E-state index is 12.8. The number of halogens is 1. The van der Waals surface area contributed by atoms with Crippen molar-refractivity contribution in [2.45, 2.75) is 19.8 Å². The van der Waals surface area contributed by atoms with Crippen molar-refractivity contribution in [2.75, 3.05) is 45.7 Å². The van der Waals surface area contributed by atoms with Crippen LogP contribution >= 0.6 is 11.6 Å². The van der Waals surface area contributed by atoms with Crippen LogP contribution in [0.4, 0.5) is 5.69 Å². The SMILES string of the molecule is COc1ccc(C(=O)N2CCN(C)CC2)cc1NC(=O)CCc1c(C)noc1Cl. The third-order valence-corrected chi connectivity index (χ3v) is 5.35. The number of aromatic nitrogens is 1. The van der Waals surface area contributed by atoms with E-state index in [9.17, 15) is 9.59 Å². The van der Waals surface area contributed by atoms with Crippen LogP contribution in [0.25, 0.3) is 0 Å². The van der Waals surface area contributed by atoms with E-state index in [2.05, 4.69) is 15.4 Å².